The third kappa shape index (κ3) is 9.15. The number of ether oxygens (including phenoxy) is 2. The Hall–Kier alpha value is -5.84. The van der Waals surface area contributed by atoms with Gasteiger partial charge < -0.3 is 41.6 Å². The number of amides is 3. The van der Waals surface area contributed by atoms with Crippen molar-refractivity contribution in [3.63, 3.8) is 0 Å². The number of H-pyrrole nitrogens is 1. The molecule has 0 radical (unpaired) electrons. The first kappa shape index (κ1) is 45.2. The molecule has 1 aromatic carbocycles. The van der Waals surface area contributed by atoms with Gasteiger partial charge in [0.05, 0.1) is 29.5 Å². The summed E-state index contributed by atoms with van der Waals surface area (Å²) in [4.78, 5) is 108. The van der Waals surface area contributed by atoms with Gasteiger partial charge in [0.1, 0.15) is 12.6 Å². The van der Waals surface area contributed by atoms with Crippen LogP contribution in [0, 0.1) is 5.92 Å². The number of ketones is 2. The molecule has 334 valence electrons. The predicted octanol–water partition coefficient (Wildman–Crippen LogP) is 1.11. The van der Waals surface area contributed by atoms with E-state index in [0.29, 0.717) is 66.1 Å². The fourth-order valence-corrected chi connectivity index (χ4v) is 11.0. The topological polar surface area (TPSA) is 295 Å². The van der Waals surface area contributed by atoms with E-state index in [1.54, 1.807) is 25.3 Å². The molecule has 2 unspecified atom stereocenters. The zero-order valence-electron chi connectivity index (χ0n) is 34.8. The predicted molar refractivity (Wildman–Crippen MR) is 232 cm³/mol. The number of carbonyl (C=O) groups is 6. The standard InChI is InChI=1S/C41H48N10O10S2/c1-20-24(33(54)29-25(18-61-40(43)59)41(60-3)34-27(50(34)2)17-51(41)31(29)32(20)53)6-5-15-62-63-19-26(38(57)58)47-28(52)7-4-14-44-36(55)22-11-8-21(9-12-22)10-13-23-16-45-35-30(46-23)37(56)49-39(42)48-35/h8-9,11-12,16,25-27,34H,4-7,10,13-15,17-19H2,1-3H3,(H2,43,59)(H,44,55)(H,47,52)(H,57,58)(H3,42,45,48,49,56)/t25-,26?,27+,34+,41-,50?/m1/s1. The number of anilines is 1. The number of allylic oxidation sites excluding steroid dienone is 2. The second-order valence-electron chi connectivity index (χ2n) is 15.7. The van der Waals surface area contributed by atoms with Crippen molar-refractivity contribution >= 4 is 74.1 Å². The number of rotatable bonds is 20. The number of benzene rings is 1. The van der Waals surface area contributed by atoms with E-state index in [1.807, 2.05) is 24.1 Å². The summed E-state index contributed by atoms with van der Waals surface area (Å²) in [5.74, 6) is -2.63. The number of Topliss-reactive ketones (excluding diaryl/α,β-unsaturated/α-hetero) is 2. The number of fused-ring (bicyclic) bond motifs is 5. The number of aromatic nitrogens is 4. The van der Waals surface area contributed by atoms with Gasteiger partial charge in [0.15, 0.2) is 22.7 Å². The number of hydrogen-bond donors (Lipinski definition) is 6. The van der Waals surface area contributed by atoms with Crippen LogP contribution in [-0.4, -0.2) is 139 Å². The number of carboxylic acids is 1. The fraction of sp³-hybridized carbons (Fsp3) is 0.463. The van der Waals surface area contributed by atoms with E-state index >= 15 is 0 Å². The summed E-state index contributed by atoms with van der Waals surface area (Å²) in [5, 5.41) is 15.1. The molecule has 0 bridgehead atoms. The number of carboxylic acid groups (broad SMARTS) is 1. The van der Waals surface area contributed by atoms with Gasteiger partial charge in [-0.2, -0.15) is 4.98 Å². The molecule has 20 nitrogen and oxygen atoms in total. The van der Waals surface area contributed by atoms with E-state index in [1.165, 1.54) is 28.7 Å². The van der Waals surface area contributed by atoms with Gasteiger partial charge in [-0.1, -0.05) is 33.7 Å². The van der Waals surface area contributed by atoms with E-state index in [-0.39, 0.29) is 84.0 Å². The lowest BCUT2D eigenvalue weighted by Gasteiger charge is -2.40. The molecule has 3 amide bonds. The summed E-state index contributed by atoms with van der Waals surface area (Å²) in [6.07, 6.45) is 2.76. The van der Waals surface area contributed by atoms with E-state index in [4.69, 9.17) is 20.9 Å². The minimum absolute atomic E-state index is 0.00383. The van der Waals surface area contributed by atoms with Gasteiger partial charge in [0.2, 0.25) is 17.6 Å². The van der Waals surface area contributed by atoms with Crippen LogP contribution in [0.25, 0.3) is 11.2 Å². The minimum atomic E-state index is -1.18. The Morgan fingerprint density at radius 3 is 2.54 bits per heavy atom. The molecule has 3 aromatic rings. The van der Waals surface area contributed by atoms with Crippen molar-refractivity contribution in [2.24, 2.45) is 11.7 Å². The maximum absolute atomic E-state index is 14.1. The Labute approximate surface area is 368 Å². The zero-order chi connectivity index (χ0) is 45.2. The number of carbonyl (C=O) groups excluding carboxylic acids is 5. The number of nitrogens with zero attached hydrogens (tertiary/aromatic N) is 5. The third-order valence-corrected chi connectivity index (χ3v) is 14.4. The zero-order valence-corrected chi connectivity index (χ0v) is 36.4. The van der Waals surface area contributed by atoms with Crippen molar-refractivity contribution in [2.45, 2.75) is 69.3 Å². The first-order chi connectivity index (χ1) is 30.2. The van der Waals surface area contributed by atoms with Crippen LogP contribution < -0.4 is 27.7 Å². The highest BCUT2D eigenvalue weighted by atomic mass is 33.1. The van der Waals surface area contributed by atoms with Gasteiger partial charge in [-0.25, -0.2) is 19.6 Å². The highest BCUT2D eigenvalue weighted by Crippen LogP contribution is 2.59. The minimum Gasteiger partial charge on any atom is -0.480 e. The molecule has 0 spiro atoms. The molecule has 7 rings (SSSR count). The quantitative estimate of drug-likeness (QED) is 0.0401. The number of nitrogens with two attached hydrogens (primary N) is 2. The van der Waals surface area contributed by atoms with E-state index < -0.39 is 41.2 Å². The molecular weight excluding hydrogens is 857 g/mol. The van der Waals surface area contributed by atoms with Crippen molar-refractivity contribution in [3.8, 4) is 0 Å². The van der Waals surface area contributed by atoms with Crippen LogP contribution in [0.4, 0.5) is 10.7 Å². The average molecular weight is 905 g/mol. The maximum atomic E-state index is 14.1. The number of hydrogen-bond acceptors (Lipinski definition) is 17. The Morgan fingerprint density at radius 2 is 1.83 bits per heavy atom. The SMILES string of the molecule is CO[C@@]12[C@H](COC(N)=O)C3=C(C(=O)C(C)=C(CCCSSCC(NC(=O)CCCNC(=O)c4ccc(CCc5cnc6nc(N)[nH]c(=O)c6n5)cc4)C(=O)O)C3=O)N1C[C@H]1[C@@H]2N1C. The average Bonchev–Trinajstić information content (AvgIpc) is 3.61. The molecule has 2 saturated heterocycles. The molecule has 0 saturated carbocycles. The second-order valence-corrected chi connectivity index (χ2v) is 18.3. The first-order valence-electron chi connectivity index (χ1n) is 20.3. The van der Waals surface area contributed by atoms with Crippen LogP contribution in [0.3, 0.4) is 0 Å². The van der Waals surface area contributed by atoms with Gasteiger partial charge in [0, 0.05) is 66.5 Å². The Kier molecular flexibility index (Phi) is 13.5. The normalized spacial score (nSPS) is 22.7. The van der Waals surface area contributed by atoms with Crippen molar-refractivity contribution in [2.75, 3.05) is 51.1 Å². The summed E-state index contributed by atoms with van der Waals surface area (Å²) in [6, 6.07) is 5.91. The van der Waals surface area contributed by atoms with Gasteiger partial charge >= 0.3 is 12.1 Å². The largest absolute Gasteiger partial charge is 0.480 e. The molecule has 4 aliphatic rings. The number of primary amides is 1. The van der Waals surface area contributed by atoms with Gasteiger partial charge in [0.25, 0.3) is 11.5 Å². The highest BCUT2D eigenvalue weighted by molar-refractivity contribution is 8.76. The molecule has 1 aliphatic carbocycles. The molecule has 63 heavy (non-hydrogen) atoms. The van der Waals surface area contributed by atoms with Crippen LogP contribution in [0.5, 0.6) is 0 Å². The first-order valence-corrected chi connectivity index (χ1v) is 22.8. The number of piperazine rings is 1. The Bertz CT molecular complexity index is 2480. The van der Waals surface area contributed by atoms with Crippen LogP contribution in [0.1, 0.15) is 54.2 Å². The molecular formula is C41H48N10O10S2. The number of methoxy groups -OCH3 is 1. The van der Waals surface area contributed by atoms with E-state index in [9.17, 15) is 38.7 Å². The molecule has 3 aliphatic heterocycles. The summed E-state index contributed by atoms with van der Waals surface area (Å²) in [7, 11) is 6.15. The monoisotopic (exact) mass is 904 g/mol. The van der Waals surface area contributed by atoms with Crippen molar-refractivity contribution in [1.29, 1.82) is 0 Å². The van der Waals surface area contributed by atoms with Crippen LogP contribution >= 0.6 is 21.6 Å². The number of nitrogens with one attached hydrogen (secondary N) is 3. The summed E-state index contributed by atoms with van der Waals surface area (Å²) >= 11 is 0. The Balaban J connectivity index is 0.807. The van der Waals surface area contributed by atoms with Gasteiger partial charge in [-0.15, -0.1) is 0 Å². The van der Waals surface area contributed by atoms with Crippen LogP contribution in [0.15, 0.2) is 57.7 Å². The van der Waals surface area contributed by atoms with Crippen molar-refractivity contribution < 1.29 is 43.3 Å². The van der Waals surface area contributed by atoms with Crippen LogP contribution in [0.2, 0.25) is 0 Å². The van der Waals surface area contributed by atoms with Crippen molar-refractivity contribution in [1.82, 2.24) is 40.4 Å². The number of likely N-dealkylation sites (N-methyl/N-ethyl adjacent to an activating group) is 1. The van der Waals surface area contributed by atoms with Crippen molar-refractivity contribution in [3.05, 3.63) is 80.1 Å². The summed E-state index contributed by atoms with van der Waals surface area (Å²) in [5.41, 5.74) is 12.9. The number of nitrogen functional groups attached to an aromatic ring is 1. The van der Waals surface area contributed by atoms with E-state index in [0.717, 1.165) is 5.56 Å². The molecule has 5 heterocycles. The lowest BCUT2D eigenvalue weighted by molar-refractivity contribution is -0.144. The third-order valence-electron chi connectivity index (χ3n) is 11.9. The number of aromatic amines is 1. The second kappa shape index (κ2) is 18.9. The molecule has 2 aromatic heterocycles. The summed E-state index contributed by atoms with van der Waals surface area (Å²) < 4.78 is 11.3. The van der Waals surface area contributed by atoms with Gasteiger partial charge in [-0.3, -0.25) is 33.9 Å². The maximum Gasteiger partial charge on any atom is 0.404 e. The lowest BCUT2D eigenvalue weighted by atomic mass is 9.79. The number of aliphatic carboxylic acids is 1. The number of aryl methyl sites for hydroxylation is 2. The molecule has 6 atom stereocenters. The Morgan fingerprint density at radius 1 is 1.06 bits per heavy atom. The highest BCUT2D eigenvalue weighted by Gasteiger charge is 2.75. The van der Waals surface area contributed by atoms with E-state index in [2.05, 4.69) is 35.5 Å². The molecule has 2 fully saturated rings. The lowest BCUT2D eigenvalue weighted by Crippen LogP contribution is -2.55. The fourth-order valence-electron chi connectivity index (χ4n) is 8.73. The molecule has 8 N–H and O–H groups in total. The summed E-state index contributed by atoms with van der Waals surface area (Å²) in [6.45, 7) is 2.14. The smallest absolute Gasteiger partial charge is 0.404 e. The van der Waals surface area contributed by atoms with Gasteiger partial charge in [-0.05, 0) is 63.8 Å². The molecule has 22 heteroatoms. The van der Waals surface area contributed by atoms with Crippen LogP contribution in [-0.2, 0) is 41.5 Å².